The number of nitrogens with one attached hydrogen (secondary N) is 1. The Balaban J connectivity index is 2.24. The molecule has 0 saturated heterocycles. The number of rotatable bonds is 4. The molecule has 0 saturated carbocycles. The molecule has 1 heterocycles. The zero-order chi connectivity index (χ0) is 15.5. The monoisotopic (exact) mass is 311 g/mol. The molecule has 0 spiro atoms. The topological polar surface area (TPSA) is 50.9 Å². The van der Waals surface area contributed by atoms with Crippen LogP contribution in [-0.2, 0) is 12.7 Å². The average Bonchev–Trinajstić information content (AvgIpc) is 2.45. The molecular formula is C14H12F3N3S. The maximum Gasteiger partial charge on any atom is 0.417 e. The first-order chi connectivity index (χ1) is 9.88. The minimum absolute atomic E-state index is 0.180. The van der Waals surface area contributed by atoms with Gasteiger partial charge in [-0.05, 0) is 30.3 Å². The Morgan fingerprint density at radius 2 is 2.00 bits per heavy atom. The van der Waals surface area contributed by atoms with Crippen LogP contribution < -0.4 is 11.1 Å². The molecule has 0 aliphatic carbocycles. The normalized spacial score (nSPS) is 11.2. The maximum absolute atomic E-state index is 13.0. The van der Waals surface area contributed by atoms with Crippen LogP contribution in [0.1, 0.15) is 16.8 Å². The molecule has 0 bridgehead atoms. The summed E-state index contributed by atoms with van der Waals surface area (Å²) in [5.41, 5.74) is 5.35. The molecule has 0 amide bonds. The molecule has 0 fully saturated rings. The van der Waals surface area contributed by atoms with Gasteiger partial charge in [-0.3, -0.25) is 4.98 Å². The molecule has 7 heteroatoms. The zero-order valence-electron chi connectivity index (χ0n) is 10.8. The second-order valence-electron chi connectivity index (χ2n) is 4.30. The summed E-state index contributed by atoms with van der Waals surface area (Å²) in [6, 6.07) is 9.13. The molecule has 3 nitrogen and oxygen atoms in total. The Morgan fingerprint density at radius 3 is 2.57 bits per heavy atom. The van der Waals surface area contributed by atoms with Crippen molar-refractivity contribution in [3.63, 3.8) is 0 Å². The van der Waals surface area contributed by atoms with Gasteiger partial charge < -0.3 is 11.1 Å². The number of pyridine rings is 1. The highest BCUT2D eigenvalue weighted by Crippen LogP contribution is 2.33. The summed E-state index contributed by atoms with van der Waals surface area (Å²) in [4.78, 5) is 3.81. The Hall–Kier alpha value is -2.15. The van der Waals surface area contributed by atoms with Crippen LogP contribution in [0.25, 0.3) is 0 Å². The lowest BCUT2D eigenvalue weighted by Crippen LogP contribution is -2.18. The second-order valence-corrected chi connectivity index (χ2v) is 4.74. The lowest BCUT2D eigenvalue weighted by Gasteiger charge is -2.14. The molecule has 3 N–H and O–H groups in total. The number of alkyl halides is 3. The molecule has 0 atom stereocenters. The highest BCUT2D eigenvalue weighted by molar-refractivity contribution is 7.80. The smallest absolute Gasteiger partial charge is 0.389 e. The number of anilines is 1. The fourth-order valence-corrected chi connectivity index (χ4v) is 1.98. The van der Waals surface area contributed by atoms with Crippen molar-refractivity contribution in [2.24, 2.45) is 5.73 Å². The van der Waals surface area contributed by atoms with Crippen molar-refractivity contribution in [3.05, 3.63) is 59.4 Å². The van der Waals surface area contributed by atoms with Gasteiger partial charge in [0.25, 0.3) is 0 Å². The molecule has 1 aromatic carbocycles. The first-order valence-corrected chi connectivity index (χ1v) is 6.43. The van der Waals surface area contributed by atoms with E-state index in [1.165, 1.54) is 12.1 Å². The summed E-state index contributed by atoms with van der Waals surface area (Å²) in [5, 5.41) is 2.89. The quantitative estimate of drug-likeness (QED) is 0.850. The van der Waals surface area contributed by atoms with E-state index in [0.29, 0.717) is 12.2 Å². The minimum Gasteiger partial charge on any atom is -0.389 e. The molecule has 21 heavy (non-hydrogen) atoms. The number of hydrogen-bond acceptors (Lipinski definition) is 3. The molecule has 0 unspecified atom stereocenters. The van der Waals surface area contributed by atoms with E-state index in [2.05, 4.69) is 22.5 Å². The third kappa shape index (κ3) is 3.91. The lowest BCUT2D eigenvalue weighted by atomic mass is 10.1. The van der Waals surface area contributed by atoms with Crippen molar-refractivity contribution >= 4 is 22.9 Å². The van der Waals surface area contributed by atoms with Crippen LogP contribution in [0.5, 0.6) is 0 Å². The predicted octanol–water partition coefficient (Wildman–Crippen LogP) is 3.35. The minimum atomic E-state index is -4.51. The highest BCUT2D eigenvalue weighted by atomic mass is 32.1. The van der Waals surface area contributed by atoms with Crippen molar-refractivity contribution in [2.45, 2.75) is 12.7 Å². The van der Waals surface area contributed by atoms with Gasteiger partial charge in [0.05, 0.1) is 17.8 Å². The van der Waals surface area contributed by atoms with Gasteiger partial charge in [0.2, 0.25) is 0 Å². The van der Waals surface area contributed by atoms with Crippen LogP contribution in [-0.4, -0.2) is 9.97 Å². The summed E-state index contributed by atoms with van der Waals surface area (Å²) < 4.78 is 39.0. The van der Waals surface area contributed by atoms with Crippen LogP contribution in [0, 0.1) is 0 Å². The average molecular weight is 311 g/mol. The predicted molar refractivity (Wildman–Crippen MR) is 78.9 cm³/mol. The molecular weight excluding hydrogens is 299 g/mol. The number of halogens is 3. The number of nitrogens with two attached hydrogens (primary N) is 1. The van der Waals surface area contributed by atoms with E-state index in [-0.39, 0.29) is 10.6 Å². The Kier molecular flexibility index (Phi) is 4.42. The second kappa shape index (κ2) is 6.09. The number of hydrogen-bond donors (Lipinski definition) is 2. The number of nitrogens with zero attached hydrogens (tertiary/aromatic N) is 1. The Labute approximate surface area is 125 Å². The first-order valence-electron chi connectivity index (χ1n) is 6.03. The van der Waals surface area contributed by atoms with Gasteiger partial charge in [-0.1, -0.05) is 18.3 Å². The van der Waals surface area contributed by atoms with E-state index in [1.54, 1.807) is 24.4 Å². The van der Waals surface area contributed by atoms with Crippen molar-refractivity contribution in [1.29, 1.82) is 0 Å². The third-order valence-corrected chi connectivity index (χ3v) is 3.01. The van der Waals surface area contributed by atoms with Gasteiger partial charge in [-0.15, -0.1) is 0 Å². The van der Waals surface area contributed by atoms with Crippen molar-refractivity contribution in [1.82, 2.24) is 4.98 Å². The van der Waals surface area contributed by atoms with Crippen LogP contribution in [0.15, 0.2) is 42.6 Å². The number of aromatic nitrogens is 1. The van der Waals surface area contributed by atoms with Crippen LogP contribution >= 0.6 is 12.2 Å². The standard InChI is InChI=1S/C14H12F3N3S/c15-14(16,17)12-7-9(4-5-11(12)13(18)21)20-8-10-3-1-2-6-19-10/h1-7,20H,8H2,(H2,18,21). The maximum atomic E-state index is 13.0. The number of benzene rings is 1. The fourth-order valence-electron chi connectivity index (χ4n) is 1.80. The zero-order valence-corrected chi connectivity index (χ0v) is 11.6. The molecule has 2 rings (SSSR count). The summed E-state index contributed by atoms with van der Waals surface area (Å²) >= 11 is 4.65. The van der Waals surface area contributed by atoms with Crippen molar-refractivity contribution in [3.8, 4) is 0 Å². The van der Waals surface area contributed by atoms with E-state index < -0.39 is 11.7 Å². The van der Waals surface area contributed by atoms with Gasteiger partial charge in [-0.25, -0.2) is 0 Å². The summed E-state index contributed by atoms with van der Waals surface area (Å²) in [6.07, 6.45) is -2.89. The Bertz CT molecular complexity index is 642. The molecule has 0 aliphatic rings. The highest BCUT2D eigenvalue weighted by Gasteiger charge is 2.34. The summed E-state index contributed by atoms with van der Waals surface area (Å²) in [5.74, 6) is 0. The van der Waals surface area contributed by atoms with Crippen molar-refractivity contribution < 1.29 is 13.2 Å². The SMILES string of the molecule is NC(=S)c1ccc(NCc2ccccn2)cc1C(F)(F)F. The summed E-state index contributed by atoms with van der Waals surface area (Å²) in [6.45, 7) is 0.324. The van der Waals surface area contributed by atoms with Gasteiger partial charge >= 0.3 is 6.18 Å². The van der Waals surface area contributed by atoms with Crippen LogP contribution in [0.4, 0.5) is 18.9 Å². The van der Waals surface area contributed by atoms with Gasteiger partial charge in [0.1, 0.15) is 4.99 Å². The van der Waals surface area contributed by atoms with E-state index in [9.17, 15) is 13.2 Å². The van der Waals surface area contributed by atoms with E-state index in [4.69, 9.17) is 5.73 Å². The molecule has 1 aromatic heterocycles. The van der Waals surface area contributed by atoms with Crippen molar-refractivity contribution in [2.75, 3.05) is 5.32 Å². The molecule has 0 radical (unpaired) electrons. The fraction of sp³-hybridized carbons (Fsp3) is 0.143. The first kappa shape index (κ1) is 15.2. The lowest BCUT2D eigenvalue weighted by molar-refractivity contribution is -0.137. The largest absolute Gasteiger partial charge is 0.417 e. The summed E-state index contributed by atoms with van der Waals surface area (Å²) in [7, 11) is 0. The van der Waals surface area contributed by atoms with Gasteiger partial charge in [0, 0.05) is 17.4 Å². The van der Waals surface area contributed by atoms with Gasteiger partial charge in [0.15, 0.2) is 0 Å². The molecule has 0 aliphatic heterocycles. The molecule has 2 aromatic rings. The Morgan fingerprint density at radius 1 is 1.24 bits per heavy atom. The van der Waals surface area contributed by atoms with Gasteiger partial charge in [-0.2, -0.15) is 13.2 Å². The van der Waals surface area contributed by atoms with E-state index in [1.807, 2.05) is 0 Å². The third-order valence-electron chi connectivity index (χ3n) is 2.79. The van der Waals surface area contributed by atoms with Crippen LogP contribution in [0.3, 0.4) is 0 Å². The van der Waals surface area contributed by atoms with Crippen LogP contribution in [0.2, 0.25) is 0 Å². The van der Waals surface area contributed by atoms with E-state index in [0.717, 1.165) is 11.8 Å². The van der Waals surface area contributed by atoms with E-state index >= 15 is 0 Å². The molecule has 110 valence electrons. The number of thiocarbonyl (C=S) groups is 1.